The zero-order chi connectivity index (χ0) is 29.5. The number of nitrogens with one attached hydrogen (secondary N) is 2. The Morgan fingerprint density at radius 3 is 2.30 bits per heavy atom. The van der Waals surface area contributed by atoms with E-state index in [1.807, 2.05) is 13.0 Å². The first-order chi connectivity index (χ1) is 18.5. The van der Waals surface area contributed by atoms with E-state index in [0.717, 1.165) is 51.4 Å². The summed E-state index contributed by atoms with van der Waals surface area (Å²) in [5, 5.41) is 3.24. The molecule has 2 amide bonds. The van der Waals surface area contributed by atoms with Gasteiger partial charge in [0.25, 0.3) is 5.91 Å². The van der Waals surface area contributed by atoms with Gasteiger partial charge in [0.05, 0.1) is 5.41 Å². The summed E-state index contributed by atoms with van der Waals surface area (Å²) in [6.45, 7) is 17.8. The van der Waals surface area contributed by atoms with Crippen LogP contribution < -0.4 is 10.8 Å². The number of hydrogen-bond donors (Lipinski definition) is 2. The molecule has 0 saturated heterocycles. The number of hydrogen-bond acceptors (Lipinski definition) is 4. The molecule has 5 rings (SSSR count). The predicted molar refractivity (Wildman–Crippen MR) is 155 cm³/mol. The van der Waals surface area contributed by atoms with E-state index in [1.54, 1.807) is 6.92 Å². The van der Waals surface area contributed by atoms with Crippen LogP contribution in [0.5, 0.6) is 0 Å². The maximum atomic E-state index is 14.5. The zero-order valence-corrected chi connectivity index (χ0v) is 26.0. The molecule has 0 aromatic carbocycles. The van der Waals surface area contributed by atoms with Crippen LogP contribution in [0.15, 0.2) is 11.6 Å². The standard InChI is InChI=1S/C34H50N2O4/c1-10-40-36-28(39)31(6)16-15-30(5)17-18-33(8)22(23(30)20-31)19-24(38)27-32(7)13-12-26(35-21(2)37)29(3,4)25(32)11-14-34(27,33)9/h1,19,23,25-27H,11-18,20H2,2-9H3,(H,35,37)(H,36,39)/t23-,25?,26-,27+,30+,31-,32-,33+,34+/m0/s1. The Morgan fingerprint density at radius 1 is 0.975 bits per heavy atom. The van der Waals surface area contributed by atoms with Gasteiger partial charge >= 0.3 is 0 Å². The van der Waals surface area contributed by atoms with Gasteiger partial charge in [0.2, 0.25) is 5.91 Å². The van der Waals surface area contributed by atoms with Crippen molar-refractivity contribution in [3.8, 4) is 12.5 Å². The summed E-state index contributed by atoms with van der Waals surface area (Å²) in [7, 11) is 0. The van der Waals surface area contributed by atoms with Gasteiger partial charge in [0.15, 0.2) is 5.78 Å². The fourth-order valence-electron chi connectivity index (χ4n) is 11.1. The Bertz CT molecular complexity index is 1200. The fourth-order valence-corrected chi connectivity index (χ4v) is 11.1. The van der Waals surface area contributed by atoms with Gasteiger partial charge in [0.1, 0.15) is 6.11 Å². The van der Waals surface area contributed by atoms with Gasteiger partial charge < -0.3 is 10.2 Å². The molecule has 6 heteroatoms. The van der Waals surface area contributed by atoms with Crippen LogP contribution >= 0.6 is 0 Å². The molecule has 6 nitrogen and oxygen atoms in total. The van der Waals surface area contributed by atoms with E-state index in [4.69, 9.17) is 11.3 Å². The van der Waals surface area contributed by atoms with Gasteiger partial charge in [-0.1, -0.05) is 60.5 Å². The molecule has 0 radical (unpaired) electrons. The average Bonchev–Trinajstić information content (AvgIpc) is 2.86. The fraction of sp³-hybridized carbons (Fsp3) is 0.794. The molecule has 9 atom stereocenters. The summed E-state index contributed by atoms with van der Waals surface area (Å²) in [5.41, 5.74) is 2.75. The van der Waals surface area contributed by atoms with Crippen molar-refractivity contribution < 1.29 is 19.2 Å². The Labute approximate surface area is 241 Å². The van der Waals surface area contributed by atoms with Crippen molar-refractivity contribution in [1.82, 2.24) is 10.8 Å². The van der Waals surface area contributed by atoms with Crippen molar-refractivity contribution >= 4 is 17.6 Å². The van der Waals surface area contributed by atoms with Crippen LogP contribution in [0.4, 0.5) is 0 Å². The van der Waals surface area contributed by atoms with Crippen LogP contribution in [-0.4, -0.2) is 23.6 Å². The largest absolute Gasteiger partial charge is 0.353 e. The number of carbonyl (C=O) groups excluding carboxylic acids is 3. The number of amides is 2. The molecule has 0 heterocycles. The maximum Gasteiger partial charge on any atom is 0.259 e. The lowest BCUT2D eigenvalue weighted by Gasteiger charge is -2.70. The van der Waals surface area contributed by atoms with Gasteiger partial charge in [-0.2, -0.15) is 5.48 Å². The lowest BCUT2D eigenvalue weighted by Crippen LogP contribution is -2.67. The number of terminal acetylenes is 1. The van der Waals surface area contributed by atoms with Crippen molar-refractivity contribution in [3.05, 3.63) is 11.6 Å². The van der Waals surface area contributed by atoms with Crippen molar-refractivity contribution in [3.63, 3.8) is 0 Å². The van der Waals surface area contributed by atoms with Crippen LogP contribution in [0.1, 0.15) is 113 Å². The first kappa shape index (κ1) is 29.2. The average molecular weight is 551 g/mol. The number of rotatable bonds is 3. The molecule has 4 saturated carbocycles. The molecule has 5 aliphatic carbocycles. The maximum absolute atomic E-state index is 14.5. The number of fused-ring (bicyclic) bond motifs is 7. The molecule has 0 aliphatic heterocycles. The highest BCUT2D eigenvalue weighted by molar-refractivity contribution is 5.95. The third kappa shape index (κ3) is 3.85. The monoisotopic (exact) mass is 550 g/mol. The van der Waals surface area contributed by atoms with Crippen molar-refractivity contribution in [2.45, 2.75) is 119 Å². The van der Waals surface area contributed by atoms with E-state index in [-0.39, 0.29) is 62.6 Å². The summed E-state index contributed by atoms with van der Waals surface area (Å²) in [4.78, 5) is 44.6. The highest BCUT2D eigenvalue weighted by Crippen LogP contribution is 2.75. The molecule has 2 N–H and O–H groups in total. The molecule has 220 valence electrons. The van der Waals surface area contributed by atoms with E-state index in [0.29, 0.717) is 12.3 Å². The summed E-state index contributed by atoms with van der Waals surface area (Å²) in [5.74, 6) is 0.626. The third-order valence-corrected chi connectivity index (χ3v) is 13.7. The second-order valence-corrected chi connectivity index (χ2v) is 16.0. The summed E-state index contributed by atoms with van der Waals surface area (Å²) >= 11 is 0. The van der Waals surface area contributed by atoms with Gasteiger partial charge in [-0.3, -0.25) is 14.4 Å². The van der Waals surface area contributed by atoms with Gasteiger partial charge in [0, 0.05) is 18.9 Å². The van der Waals surface area contributed by atoms with Crippen LogP contribution in [-0.2, 0) is 19.2 Å². The highest BCUT2D eigenvalue weighted by atomic mass is 16.6. The lowest BCUT2D eigenvalue weighted by molar-refractivity contribution is -0.189. The first-order valence-corrected chi connectivity index (χ1v) is 15.4. The normalized spacial score (nSPS) is 47.2. The smallest absolute Gasteiger partial charge is 0.259 e. The van der Waals surface area contributed by atoms with Crippen LogP contribution in [0.25, 0.3) is 0 Å². The van der Waals surface area contributed by atoms with E-state index < -0.39 is 5.41 Å². The summed E-state index contributed by atoms with van der Waals surface area (Å²) in [6, 6.07) is 0.132. The Morgan fingerprint density at radius 2 is 1.65 bits per heavy atom. The minimum absolute atomic E-state index is 0.0282. The highest BCUT2D eigenvalue weighted by Gasteiger charge is 2.70. The quantitative estimate of drug-likeness (QED) is 0.328. The Kier molecular flexibility index (Phi) is 6.65. The minimum Gasteiger partial charge on any atom is -0.353 e. The van der Waals surface area contributed by atoms with Gasteiger partial charge in [-0.05, 0) is 103 Å². The predicted octanol–water partition coefficient (Wildman–Crippen LogP) is 6.11. The summed E-state index contributed by atoms with van der Waals surface area (Å²) < 4.78 is 0. The number of hydroxylamine groups is 1. The minimum atomic E-state index is -0.601. The SMILES string of the molecule is C#CONC(=O)[C@@]1(C)CC[C@]2(C)CC[C@]3(C)C(=CC(=O)[C@@H]4[C@@]5(C)CC[C@H](NC(C)=O)C(C)(C)C5CC[C@]43C)[C@@H]2C1. The van der Waals surface area contributed by atoms with E-state index in [2.05, 4.69) is 58.4 Å². The second kappa shape index (κ2) is 9.10. The molecule has 0 bridgehead atoms. The topological polar surface area (TPSA) is 84.5 Å². The third-order valence-electron chi connectivity index (χ3n) is 13.7. The molecular formula is C34H50N2O4. The number of carbonyl (C=O) groups is 3. The molecule has 4 fully saturated rings. The van der Waals surface area contributed by atoms with E-state index in [1.165, 1.54) is 5.57 Å². The summed E-state index contributed by atoms with van der Waals surface area (Å²) in [6.07, 6.45) is 17.9. The van der Waals surface area contributed by atoms with E-state index >= 15 is 0 Å². The van der Waals surface area contributed by atoms with Crippen LogP contribution in [0.3, 0.4) is 0 Å². The lowest BCUT2D eigenvalue weighted by atomic mass is 9.33. The van der Waals surface area contributed by atoms with Crippen molar-refractivity contribution in [2.75, 3.05) is 0 Å². The molecule has 5 aliphatic rings. The number of allylic oxidation sites excluding steroid dienone is 2. The molecule has 40 heavy (non-hydrogen) atoms. The second-order valence-electron chi connectivity index (χ2n) is 16.0. The molecule has 0 aromatic heterocycles. The van der Waals surface area contributed by atoms with Crippen LogP contribution in [0, 0.1) is 62.8 Å². The molecule has 0 spiro atoms. The zero-order valence-electron chi connectivity index (χ0n) is 26.0. The van der Waals surface area contributed by atoms with Gasteiger partial charge in [-0.25, -0.2) is 0 Å². The van der Waals surface area contributed by atoms with Crippen LogP contribution in [0.2, 0.25) is 0 Å². The van der Waals surface area contributed by atoms with Gasteiger partial charge in [-0.15, -0.1) is 0 Å². The van der Waals surface area contributed by atoms with Crippen molar-refractivity contribution in [1.29, 1.82) is 0 Å². The first-order valence-electron chi connectivity index (χ1n) is 15.4. The van der Waals surface area contributed by atoms with Crippen molar-refractivity contribution in [2.24, 2.45) is 50.2 Å². The molecule has 1 unspecified atom stereocenters. The van der Waals surface area contributed by atoms with E-state index in [9.17, 15) is 14.4 Å². The molecular weight excluding hydrogens is 500 g/mol. The number of ketones is 1. The Hall–Kier alpha value is -2.29. The Balaban J connectivity index is 1.54. The molecule has 0 aromatic rings.